The van der Waals surface area contributed by atoms with Gasteiger partial charge in [0, 0.05) is 12.1 Å². The van der Waals surface area contributed by atoms with Crippen LogP contribution in [0.3, 0.4) is 0 Å². The van der Waals surface area contributed by atoms with E-state index in [4.69, 9.17) is 4.99 Å². The molecule has 0 amide bonds. The molecule has 25 heavy (non-hydrogen) atoms. The van der Waals surface area contributed by atoms with Crippen LogP contribution in [0.1, 0.15) is 64.2 Å². The number of nitro benzene ring substituents is 1. The highest BCUT2D eigenvalue weighted by atomic mass is 16.6. The molecule has 0 atom stereocenters. The molecule has 2 saturated carbocycles. The van der Waals surface area contributed by atoms with Gasteiger partial charge in [-0.25, -0.2) is 4.99 Å². The molecular weight excluding hydrogens is 316 g/mol. The van der Waals surface area contributed by atoms with Crippen LogP contribution in [0.25, 0.3) is 0 Å². The van der Waals surface area contributed by atoms with Gasteiger partial charge in [0.15, 0.2) is 5.96 Å². The number of nitrogens with one attached hydrogen (secondary N) is 2. The predicted octanol–water partition coefficient (Wildman–Crippen LogP) is 4.62. The van der Waals surface area contributed by atoms with Gasteiger partial charge in [-0.2, -0.15) is 0 Å². The van der Waals surface area contributed by atoms with Crippen molar-refractivity contribution < 1.29 is 4.92 Å². The van der Waals surface area contributed by atoms with E-state index >= 15 is 0 Å². The minimum Gasteiger partial charge on any atom is -0.353 e. The summed E-state index contributed by atoms with van der Waals surface area (Å²) >= 11 is 0. The summed E-state index contributed by atoms with van der Waals surface area (Å²) < 4.78 is 0. The molecule has 0 aliphatic heterocycles. The molecule has 0 saturated heterocycles. The molecule has 0 spiro atoms. The second-order valence-corrected chi connectivity index (χ2v) is 7.15. The average Bonchev–Trinajstić information content (AvgIpc) is 2.63. The van der Waals surface area contributed by atoms with Gasteiger partial charge in [0.05, 0.1) is 11.0 Å². The Labute approximate surface area is 149 Å². The molecule has 2 fully saturated rings. The third-order valence-corrected chi connectivity index (χ3v) is 5.19. The van der Waals surface area contributed by atoms with Crippen LogP contribution in [0.15, 0.2) is 29.3 Å². The molecule has 1 aromatic rings. The van der Waals surface area contributed by atoms with Crippen molar-refractivity contribution in [3.63, 3.8) is 0 Å². The van der Waals surface area contributed by atoms with E-state index in [1.807, 2.05) is 6.07 Å². The number of benzene rings is 1. The van der Waals surface area contributed by atoms with Crippen molar-refractivity contribution in [3.8, 4) is 0 Å². The molecule has 1 aromatic carbocycles. The zero-order valence-corrected chi connectivity index (χ0v) is 14.7. The average molecular weight is 344 g/mol. The Morgan fingerprint density at radius 3 is 2.32 bits per heavy atom. The first kappa shape index (κ1) is 17.7. The van der Waals surface area contributed by atoms with E-state index in [0.717, 1.165) is 25.7 Å². The van der Waals surface area contributed by atoms with E-state index in [2.05, 4.69) is 10.6 Å². The fourth-order valence-corrected chi connectivity index (χ4v) is 3.80. The number of hydrogen-bond donors (Lipinski definition) is 2. The molecule has 0 aromatic heterocycles. The Hall–Kier alpha value is -2.11. The molecule has 6 heteroatoms. The van der Waals surface area contributed by atoms with Crippen molar-refractivity contribution in [2.75, 3.05) is 5.32 Å². The molecule has 0 bridgehead atoms. The van der Waals surface area contributed by atoms with Crippen molar-refractivity contribution in [2.24, 2.45) is 4.99 Å². The van der Waals surface area contributed by atoms with Gasteiger partial charge < -0.3 is 10.6 Å². The lowest BCUT2D eigenvalue weighted by Gasteiger charge is -2.26. The van der Waals surface area contributed by atoms with Gasteiger partial charge in [0.1, 0.15) is 5.69 Å². The SMILES string of the molecule is O=[N+]([O-])c1ccccc1NC(=NC1CCCCC1)NC1CCCCC1. The maximum Gasteiger partial charge on any atom is 0.292 e. The highest BCUT2D eigenvalue weighted by molar-refractivity contribution is 5.96. The first-order valence-corrected chi connectivity index (χ1v) is 9.57. The van der Waals surface area contributed by atoms with Gasteiger partial charge in [-0.15, -0.1) is 0 Å². The number of guanidine groups is 1. The van der Waals surface area contributed by atoms with E-state index < -0.39 is 0 Å². The van der Waals surface area contributed by atoms with Gasteiger partial charge >= 0.3 is 0 Å². The summed E-state index contributed by atoms with van der Waals surface area (Å²) in [6.07, 6.45) is 12.0. The Morgan fingerprint density at radius 1 is 1.00 bits per heavy atom. The fourth-order valence-electron chi connectivity index (χ4n) is 3.80. The van der Waals surface area contributed by atoms with E-state index in [1.54, 1.807) is 12.1 Å². The standard InChI is InChI=1S/C19H28N4O2/c24-23(25)18-14-8-7-13-17(18)22-19(20-15-9-3-1-4-10-15)21-16-11-5-2-6-12-16/h7-8,13-16H,1-6,9-12H2,(H2,20,21,22). The molecule has 136 valence electrons. The Kier molecular flexibility index (Phi) is 6.25. The minimum atomic E-state index is -0.346. The van der Waals surface area contributed by atoms with Crippen molar-refractivity contribution in [1.82, 2.24) is 5.32 Å². The van der Waals surface area contributed by atoms with Gasteiger partial charge in [-0.05, 0) is 31.7 Å². The molecule has 0 unspecified atom stereocenters. The summed E-state index contributed by atoms with van der Waals surface area (Å²) in [5.74, 6) is 0.702. The number of anilines is 1. The molecule has 6 nitrogen and oxygen atoms in total. The zero-order valence-electron chi connectivity index (χ0n) is 14.7. The van der Waals surface area contributed by atoms with Crippen LogP contribution >= 0.6 is 0 Å². The Morgan fingerprint density at radius 2 is 1.64 bits per heavy atom. The number of hydrogen-bond acceptors (Lipinski definition) is 3. The minimum absolute atomic E-state index is 0.0873. The topological polar surface area (TPSA) is 79.6 Å². The smallest absolute Gasteiger partial charge is 0.292 e. The summed E-state index contributed by atoms with van der Waals surface area (Å²) in [5, 5.41) is 18.0. The number of aliphatic imine (C=N–C) groups is 1. The monoisotopic (exact) mass is 344 g/mol. The third kappa shape index (κ3) is 5.18. The molecule has 2 aliphatic rings. The van der Waals surface area contributed by atoms with Crippen LogP contribution in [0.4, 0.5) is 11.4 Å². The van der Waals surface area contributed by atoms with Crippen molar-refractivity contribution in [1.29, 1.82) is 0 Å². The molecule has 2 aliphatic carbocycles. The van der Waals surface area contributed by atoms with Crippen molar-refractivity contribution in [2.45, 2.75) is 76.3 Å². The van der Waals surface area contributed by atoms with Gasteiger partial charge in [-0.3, -0.25) is 10.1 Å². The normalized spacial score (nSPS) is 20.2. The summed E-state index contributed by atoms with van der Waals surface area (Å²) in [6.45, 7) is 0. The van der Waals surface area contributed by atoms with Crippen LogP contribution in [-0.2, 0) is 0 Å². The first-order chi connectivity index (χ1) is 12.2. The number of nitrogens with zero attached hydrogens (tertiary/aromatic N) is 2. The van der Waals surface area contributed by atoms with Gasteiger partial charge in [0.25, 0.3) is 5.69 Å². The number of rotatable bonds is 4. The second kappa shape index (κ2) is 8.83. The molecular formula is C19H28N4O2. The summed E-state index contributed by atoms with van der Waals surface area (Å²) in [4.78, 5) is 15.8. The lowest BCUT2D eigenvalue weighted by Crippen LogP contribution is -2.41. The Balaban J connectivity index is 1.77. The maximum absolute atomic E-state index is 11.3. The van der Waals surface area contributed by atoms with Crippen molar-refractivity contribution in [3.05, 3.63) is 34.4 Å². The number of para-hydroxylation sites is 2. The van der Waals surface area contributed by atoms with Crippen molar-refractivity contribution >= 4 is 17.3 Å². The first-order valence-electron chi connectivity index (χ1n) is 9.57. The highest BCUT2D eigenvalue weighted by Gasteiger charge is 2.20. The molecule has 3 rings (SSSR count). The molecule has 2 N–H and O–H groups in total. The summed E-state index contributed by atoms with van der Waals surface area (Å²) in [5.41, 5.74) is 0.592. The van der Waals surface area contributed by atoms with Gasteiger partial charge in [-0.1, -0.05) is 50.7 Å². The lowest BCUT2D eigenvalue weighted by molar-refractivity contribution is -0.383. The highest BCUT2D eigenvalue weighted by Crippen LogP contribution is 2.25. The fraction of sp³-hybridized carbons (Fsp3) is 0.632. The van der Waals surface area contributed by atoms with Crippen LogP contribution in [0.2, 0.25) is 0 Å². The molecule has 0 radical (unpaired) electrons. The third-order valence-electron chi connectivity index (χ3n) is 5.19. The van der Waals surface area contributed by atoms with Crippen LogP contribution in [-0.4, -0.2) is 23.0 Å². The zero-order chi connectivity index (χ0) is 17.5. The predicted molar refractivity (Wildman–Crippen MR) is 101 cm³/mol. The van der Waals surface area contributed by atoms with Crippen LogP contribution in [0.5, 0.6) is 0 Å². The van der Waals surface area contributed by atoms with E-state index in [0.29, 0.717) is 23.7 Å². The molecule has 0 heterocycles. The van der Waals surface area contributed by atoms with Crippen LogP contribution < -0.4 is 10.6 Å². The largest absolute Gasteiger partial charge is 0.353 e. The van der Waals surface area contributed by atoms with E-state index in [9.17, 15) is 10.1 Å². The summed E-state index contributed by atoms with van der Waals surface area (Å²) in [7, 11) is 0. The second-order valence-electron chi connectivity index (χ2n) is 7.15. The quantitative estimate of drug-likeness (QED) is 0.361. The lowest BCUT2D eigenvalue weighted by atomic mass is 9.95. The Bertz CT molecular complexity index is 605. The van der Waals surface area contributed by atoms with E-state index in [-0.39, 0.29) is 10.6 Å². The summed E-state index contributed by atoms with van der Waals surface area (Å²) in [6, 6.07) is 7.50. The number of nitro groups is 1. The van der Waals surface area contributed by atoms with Crippen LogP contribution in [0, 0.1) is 10.1 Å². The van der Waals surface area contributed by atoms with E-state index in [1.165, 1.54) is 44.6 Å². The maximum atomic E-state index is 11.3. The van der Waals surface area contributed by atoms with Gasteiger partial charge in [0.2, 0.25) is 0 Å².